The van der Waals surface area contributed by atoms with Gasteiger partial charge in [0.15, 0.2) is 4.77 Å². The number of halogens is 2. The van der Waals surface area contributed by atoms with E-state index in [-0.39, 0.29) is 0 Å². The highest BCUT2D eigenvalue weighted by molar-refractivity contribution is 7.71. The van der Waals surface area contributed by atoms with E-state index in [9.17, 15) is 0 Å². The lowest BCUT2D eigenvalue weighted by Gasteiger charge is -2.09. The summed E-state index contributed by atoms with van der Waals surface area (Å²) in [4.78, 5) is 3.15. The first-order valence-corrected chi connectivity index (χ1v) is 7.42. The van der Waals surface area contributed by atoms with Crippen LogP contribution < -0.4 is 4.74 Å². The number of aromatic amines is 1. The van der Waals surface area contributed by atoms with E-state index >= 15 is 0 Å². The largest absolute Gasteiger partial charge is 0.496 e. The standard InChI is InChI=1S/C15H12Cl2N2OS/c1-8-5-9(3-4-14(8)20-2)19-13-7-11(17)10(16)6-12(13)18-15(19)21/h3-7H,1-2H3,(H,18,21). The summed E-state index contributed by atoms with van der Waals surface area (Å²) < 4.78 is 7.81. The minimum absolute atomic E-state index is 0.497. The molecule has 3 aromatic rings. The van der Waals surface area contributed by atoms with Crippen LogP contribution in [-0.4, -0.2) is 16.7 Å². The van der Waals surface area contributed by atoms with Crippen LogP contribution in [0.2, 0.25) is 10.0 Å². The molecule has 0 aliphatic heterocycles. The summed E-state index contributed by atoms with van der Waals surface area (Å²) in [6.07, 6.45) is 0. The predicted molar refractivity (Wildman–Crippen MR) is 89.8 cm³/mol. The summed E-state index contributed by atoms with van der Waals surface area (Å²) >= 11 is 17.6. The van der Waals surface area contributed by atoms with Crippen LogP contribution in [0.25, 0.3) is 16.7 Å². The van der Waals surface area contributed by atoms with Crippen molar-refractivity contribution in [2.24, 2.45) is 0 Å². The van der Waals surface area contributed by atoms with Crippen molar-refractivity contribution in [1.29, 1.82) is 0 Å². The maximum atomic E-state index is 6.12. The number of nitrogens with zero attached hydrogens (tertiary/aromatic N) is 1. The molecule has 0 aliphatic carbocycles. The quantitative estimate of drug-likeness (QED) is 0.641. The molecule has 0 atom stereocenters. The van der Waals surface area contributed by atoms with Crippen LogP contribution in [0.3, 0.4) is 0 Å². The number of aromatic nitrogens is 2. The molecule has 0 bridgehead atoms. The Kier molecular flexibility index (Phi) is 3.69. The van der Waals surface area contributed by atoms with Crippen LogP contribution in [0.5, 0.6) is 5.75 Å². The molecule has 3 nitrogen and oxygen atoms in total. The lowest BCUT2D eigenvalue weighted by atomic mass is 10.2. The fourth-order valence-corrected chi connectivity index (χ4v) is 3.00. The summed E-state index contributed by atoms with van der Waals surface area (Å²) in [5.41, 5.74) is 3.72. The number of methoxy groups -OCH3 is 1. The number of rotatable bonds is 2. The van der Waals surface area contributed by atoms with E-state index in [1.54, 1.807) is 13.2 Å². The summed E-state index contributed by atoms with van der Waals surface area (Å²) in [7, 11) is 1.65. The molecule has 0 radical (unpaired) electrons. The second-order valence-corrected chi connectivity index (χ2v) is 5.90. The van der Waals surface area contributed by atoms with Gasteiger partial charge in [-0.05, 0) is 55.0 Å². The zero-order valence-electron chi connectivity index (χ0n) is 11.4. The summed E-state index contributed by atoms with van der Waals surface area (Å²) in [6.45, 7) is 1.99. The molecule has 1 heterocycles. The number of benzene rings is 2. The van der Waals surface area contributed by atoms with Crippen LogP contribution in [0.1, 0.15) is 5.56 Å². The zero-order valence-corrected chi connectivity index (χ0v) is 13.7. The number of aryl methyl sites for hydroxylation is 1. The second-order valence-electron chi connectivity index (χ2n) is 4.70. The number of nitrogens with one attached hydrogen (secondary N) is 1. The van der Waals surface area contributed by atoms with Gasteiger partial charge in [0.05, 0.1) is 28.2 Å². The minimum Gasteiger partial charge on any atom is -0.496 e. The van der Waals surface area contributed by atoms with E-state index in [0.717, 1.165) is 28.0 Å². The second kappa shape index (κ2) is 5.37. The highest BCUT2D eigenvalue weighted by atomic mass is 35.5. The molecule has 108 valence electrons. The third-order valence-electron chi connectivity index (χ3n) is 3.36. The van der Waals surface area contributed by atoms with Crippen LogP contribution in [0.4, 0.5) is 0 Å². The molecule has 0 amide bonds. The lowest BCUT2D eigenvalue weighted by Crippen LogP contribution is -1.96. The Balaban J connectivity index is 2.29. The van der Waals surface area contributed by atoms with Gasteiger partial charge in [-0.2, -0.15) is 0 Å². The Bertz CT molecular complexity index is 899. The van der Waals surface area contributed by atoms with Crippen molar-refractivity contribution < 1.29 is 4.74 Å². The molecule has 2 aromatic carbocycles. The van der Waals surface area contributed by atoms with Gasteiger partial charge in [-0.1, -0.05) is 23.2 Å². The predicted octanol–water partition coefficient (Wildman–Crippen LogP) is 5.31. The molecule has 0 unspecified atom stereocenters. The lowest BCUT2D eigenvalue weighted by molar-refractivity contribution is 0.411. The van der Waals surface area contributed by atoms with E-state index in [2.05, 4.69) is 4.98 Å². The van der Waals surface area contributed by atoms with Crippen LogP contribution in [0, 0.1) is 11.7 Å². The first-order valence-electron chi connectivity index (χ1n) is 6.26. The molecule has 0 fully saturated rings. The molecule has 1 N–H and O–H groups in total. The van der Waals surface area contributed by atoms with Gasteiger partial charge in [-0.15, -0.1) is 0 Å². The van der Waals surface area contributed by atoms with Crippen molar-refractivity contribution in [1.82, 2.24) is 9.55 Å². The Hall–Kier alpha value is -1.49. The van der Waals surface area contributed by atoms with Gasteiger partial charge in [0.25, 0.3) is 0 Å². The summed E-state index contributed by atoms with van der Waals surface area (Å²) in [5.74, 6) is 0.839. The maximum Gasteiger partial charge on any atom is 0.182 e. The van der Waals surface area contributed by atoms with Gasteiger partial charge >= 0.3 is 0 Å². The zero-order chi connectivity index (χ0) is 15.1. The van der Waals surface area contributed by atoms with Crippen LogP contribution in [-0.2, 0) is 0 Å². The van der Waals surface area contributed by atoms with Crippen molar-refractivity contribution in [2.75, 3.05) is 7.11 Å². The van der Waals surface area contributed by atoms with Gasteiger partial charge in [-0.25, -0.2) is 0 Å². The topological polar surface area (TPSA) is 29.9 Å². The van der Waals surface area contributed by atoms with E-state index in [1.807, 2.05) is 35.8 Å². The van der Waals surface area contributed by atoms with Crippen molar-refractivity contribution in [3.8, 4) is 11.4 Å². The molecule has 21 heavy (non-hydrogen) atoms. The number of H-pyrrole nitrogens is 1. The molecular formula is C15H12Cl2N2OS. The number of fused-ring (bicyclic) bond motifs is 1. The number of hydrogen-bond donors (Lipinski definition) is 1. The highest BCUT2D eigenvalue weighted by Gasteiger charge is 2.11. The minimum atomic E-state index is 0.497. The normalized spacial score (nSPS) is 11.0. The van der Waals surface area contributed by atoms with E-state index in [0.29, 0.717) is 14.8 Å². The molecule has 1 aromatic heterocycles. The fraction of sp³-hybridized carbons (Fsp3) is 0.133. The Morgan fingerprint density at radius 1 is 1.14 bits per heavy atom. The van der Waals surface area contributed by atoms with E-state index < -0.39 is 0 Å². The molecule has 0 saturated carbocycles. The van der Waals surface area contributed by atoms with Crippen molar-refractivity contribution in [3.63, 3.8) is 0 Å². The molecule has 0 spiro atoms. The molecular weight excluding hydrogens is 327 g/mol. The van der Waals surface area contributed by atoms with Crippen LogP contribution >= 0.6 is 35.4 Å². The Morgan fingerprint density at radius 3 is 2.52 bits per heavy atom. The fourth-order valence-electron chi connectivity index (χ4n) is 2.36. The Morgan fingerprint density at radius 2 is 1.86 bits per heavy atom. The average molecular weight is 339 g/mol. The molecule has 6 heteroatoms. The summed E-state index contributed by atoms with van der Waals surface area (Å²) in [5, 5.41) is 0.996. The van der Waals surface area contributed by atoms with Crippen molar-refractivity contribution in [3.05, 3.63) is 50.7 Å². The van der Waals surface area contributed by atoms with E-state index in [1.165, 1.54) is 0 Å². The number of imidazole rings is 1. The molecule has 0 aliphatic rings. The third-order valence-corrected chi connectivity index (χ3v) is 4.37. The van der Waals surface area contributed by atoms with Crippen LogP contribution in [0.15, 0.2) is 30.3 Å². The average Bonchev–Trinajstić information content (AvgIpc) is 2.74. The first kappa shape index (κ1) is 14.4. The third kappa shape index (κ3) is 2.44. The van der Waals surface area contributed by atoms with Gasteiger partial charge in [0.2, 0.25) is 0 Å². The van der Waals surface area contributed by atoms with Gasteiger partial charge < -0.3 is 9.72 Å². The number of hydrogen-bond acceptors (Lipinski definition) is 2. The molecule has 0 saturated heterocycles. The van der Waals surface area contributed by atoms with Crippen molar-refractivity contribution >= 4 is 46.5 Å². The highest BCUT2D eigenvalue weighted by Crippen LogP contribution is 2.30. The van der Waals surface area contributed by atoms with Gasteiger partial charge in [0, 0.05) is 5.69 Å². The molecule has 3 rings (SSSR count). The maximum absolute atomic E-state index is 6.12. The van der Waals surface area contributed by atoms with Gasteiger partial charge in [-0.3, -0.25) is 4.57 Å². The Labute approximate surface area is 137 Å². The van der Waals surface area contributed by atoms with E-state index in [4.69, 9.17) is 40.2 Å². The van der Waals surface area contributed by atoms with Gasteiger partial charge in [0.1, 0.15) is 5.75 Å². The van der Waals surface area contributed by atoms with Crippen molar-refractivity contribution in [2.45, 2.75) is 6.92 Å². The monoisotopic (exact) mass is 338 g/mol. The SMILES string of the molecule is COc1ccc(-n2c(=S)[nH]c3cc(Cl)c(Cl)cc32)cc1C. The summed E-state index contributed by atoms with van der Waals surface area (Å²) in [6, 6.07) is 9.48. The first-order chi connectivity index (χ1) is 10.0. The number of ether oxygens (including phenoxy) is 1. The smallest absolute Gasteiger partial charge is 0.182 e.